The SMILES string of the molecule is CC1=NN(c2ccccc2)C(=O)[C@]12C(c1ccc(Cl)c(Cl)c1)[C@]21C(=O)N(c2ccccc2)N=C1C. The van der Waals surface area contributed by atoms with Gasteiger partial charge in [-0.15, -0.1) is 0 Å². The van der Waals surface area contributed by atoms with Crippen molar-refractivity contribution < 1.29 is 9.59 Å². The van der Waals surface area contributed by atoms with Gasteiger partial charge in [0.25, 0.3) is 11.8 Å². The molecule has 0 aromatic heterocycles. The lowest BCUT2D eigenvalue weighted by Gasteiger charge is -2.18. The Balaban J connectivity index is 1.55. The van der Waals surface area contributed by atoms with Crippen LogP contribution in [0.2, 0.25) is 10.0 Å². The Kier molecular flexibility index (Phi) is 4.72. The fourth-order valence-corrected chi connectivity index (χ4v) is 6.23. The molecule has 1 fully saturated rings. The van der Waals surface area contributed by atoms with Crippen LogP contribution in [0.4, 0.5) is 11.4 Å². The number of hydrazone groups is 2. The lowest BCUT2D eigenvalue weighted by molar-refractivity contribution is -0.126. The largest absolute Gasteiger partial charge is 0.271 e. The monoisotopic (exact) mass is 502 g/mol. The van der Waals surface area contributed by atoms with E-state index in [9.17, 15) is 9.59 Å². The van der Waals surface area contributed by atoms with Gasteiger partial charge in [0.05, 0.1) is 32.8 Å². The summed E-state index contributed by atoms with van der Waals surface area (Å²) in [5, 5.41) is 12.9. The molecule has 3 aromatic carbocycles. The van der Waals surface area contributed by atoms with Crippen LogP contribution in [0.5, 0.6) is 0 Å². The molecule has 8 heteroatoms. The van der Waals surface area contributed by atoms with Crippen LogP contribution >= 0.6 is 23.2 Å². The van der Waals surface area contributed by atoms with Crippen LogP contribution in [0.15, 0.2) is 89.1 Å². The molecule has 0 N–H and O–H groups in total. The number of benzene rings is 3. The minimum atomic E-state index is -1.21. The van der Waals surface area contributed by atoms with E-state index in [0.717, 1.165) is 5.56 Å². The van der Waals surface area contributed by atoms with Crippen molar-refractivity contribution in [2.45, 2.75) is 19.8 Å². The van der Waals surface area contributed by atoms with Gasteiger partial charge in [-0.2, -0.15) is 20.2 Å². The first-order chi connectivity index (χ1) is 16.8. The van der Waals surface area contributed by atoms with Crippen molar-refractivity contribution in [1.29, 1.82) is 0 Å². The van der Waals surface area contributed by atoms with Crippen LogP contribution in [0.1, 0.15) is 25.3 Å². The Hall–Kier alpha value is -3.48. The van der Waals surface area contributed by atoms with E-state index in [1.54, 1.807) is 12.1 Å². The maximum absolute atomic E-state index is 14.3. The molecule has 6 nitrogen and oxygen atoms in total. The second-order valence-corrected chi connectivity index (χ2v) is 9.81. The highest BCUT2D eigenvalue weighted by molar-refractivity contribution is 6.42. The summed E-state index contributed by atoms with van der Waals surface area (Å²) in [6, 6.07) is 23.7. The lowest BCUT2D eigenvalue weighted by atomic mass is 9.85. The van der Waals surface area contributed by atoms with Gasteiger partial charge in [-0.05, 0) is 55.8 Å². The summed E-state index contributed by atoms with van der Waals surface area (Å²) in [5.41, 5.74) is 0.741. The van der Waals surface area contributed by atoms with E-state index in [2.05, 4.69) is 10.2 Å². The van der Waals surface area contributed by atoms with Gasteiger partial charge >= 0.3 is 0 Å². The summed E-state index contributed by atoms with van der Waals surface area (Å²) >= 11 is 12.6. The third-order valence-electron chi connectivity index (χ3n) is 7.38. The van der Waals surface area contributed by atoms with Gasteiger partial charge < -0.3 is 0 Å². The summed E-state index contributed by atoms with van der Waals surface area (Å²) in [5.74, 6) is -1.04. The summed E-state index contributed by atoms with van der Waals surface area (Å²) < 4.78 is 0. The third kappa shape index (κ3) is 2.66. The quantitative estimate of drug-likeness (QED) is 0.446. The number of hydrogen-bond donors (Lipinski definition) is 0. The fourth-order valence-electron chi connectivity index (χ4n) is 5.92. The van der Waals surface area contributed by atoms with E-state index >= 15 is 0 Å². The Labute approximate surface area is 212 Å². The number of halogens is 2. The number of carbonyl (C=O) groups is 2. The van der Waals surface area contributed by atoms with Crippen molar-refractivity contribution in [3.05, 3.63) is 94.5 Å². The molecule has 174 valence electrons. The first-order valence-electron chi connectivity index (χ1n) is 11.2. The number of para-hydroxylation sites is 2. The number of amides is 2. The third-order valence-corrected chi connectivity index (χ3v) is 8.12. The topological polar surface area (TPSA) is 65.3 Å². The molecule has 3 aromatic rings. The van der Waals surface area contributed by atoms with Gasteiger partial charge in [-0.1, -0.05) is 65.7 Å². The number of carbonyl (C=O) groups excluding carboxylic acids is 2. The zero-order chi connectivity index (χ0) is 24.5. The van der Waals surface area contributed by atoms with E-state index in [1.807, 2.05) is 80.6 Å². The Morgan fingerprint density at radius 2 is 1.14 bits per heavy atom. The van der Waals surface area contributed by atoms with Crippen molar-refractivity contribution in [2.75, 3.05) is 10.0 Å². The molecule has 2 atom stereocenters. The summed E-state index contributed by atoms with van der Waals surface area (Å²) in [6.07, 6.45) is 0. The van der Waals surface area contributed by atoms with Crippen molar-refractivity contribution >= 4 is 57.8 Å². The minimum absolute atomic E-state index is 0.255. The first-order valence-corrected chi connectivity index (χ1v) is 12.0. The van der Waals surface area contributed by atoms with Gasteiger partial charge in [-0.25, -0.2) is 0 Å². The second-order valence-electron chi connectivity index (χ2n) is 9.00. The Morgan fingerprint density at radius 1 is 0.686 bits per heavy atom. The lowest BCUT2D eigenvalue weighted by Crippen LogP contribution is -2.40. The molecular formula is C27H20Cl2N4O2. The van der Waals surface area contributed by atoms with Crippen LogP contribution in [0, 0.1) is 10.8 Å². The summed E-state index contributed by atoms with van der Waals surface area (Å²) in [4.78, 5) is 28.5. The van der Waals surface area contributed by atoms with Gasteiger partial charge in [0.1, 0.15) is 10.8 Å². The smallest absolute Gasteiger partial charge is 0.261 e. The molecule has 0 saturated heterocycles. The average molecular weight is 503 g/mol. The number of hydrogen-bond acceptors (Lipinski definition) is 4. The first kappa shape index (κ1) is 22.0. The molecule has 2 amide bonds. The average Bonchev–Trinajstić information content (AvgIpc) is 3.35. The summed E-state index contributed by atoms with van der Waals surface area (Å²) in [6.45, 7) is 3.62. The maximum atomic E-state index is 14.3. The predicted octanol–water partition coefficient (Wildman–Crippen LogP) is 5.91. The van der Waals surface area contributed by atoms with Gasteiger partial charge in [0.15, 0.2) is 0 Å². The molecule has 0 radical (unpaired) electrons. The number of rotatable bonds is 3. The van der Waals surface area contributed by atoms with Crippen LogP contribution in [-0.4, -0.2) is 23.2 Å². The number of anilines is 2. The van der Waals surface area contributed by atoms with E-state index < -0.39 is 16.7 Å². The van der Waals surface area contributed by atoms with Crippen LogP contribution in [0.25, 0.3) is 0 Å². The minimum Gasteiger partial charge on any atom is -0.271 e. The molecule has 0 bridgehead atoms. The summed E-state index contributed by atoms with van der Waals surface area (Å²) in [7, 11) is 0. The van der Waals surface area contributed by atoms with Gasteiger partial charge in [0, 0.05) is 5.92 Å². The van der Waals surface area contributed by atoms with Crippen LogP contribution < -0.4 is 10.0 Å². The Bertz CT molecular complexity index is 1370. The molecule has 2 spiro atoms. The van der Waals surface area contributed by atoms with E-state index in [-0.39, 0.29) is 11.8 Å². The van der Waals surface area contributed by atoms with Crippen LogP contribution in [0.3, 0.4) is 0 Å². The molecule has 1 aliphatic carbocycles. The number of nitrogens with zero attached hydrogens (tertiary/aromatic N) is 4. The molecule has 35 heavy (non-hydrogen) atoms. The standard InChI is InChI=1S/C27H20Cl2N4O2/c1-16-26(24(34)32(30-16)19-9-5-3-6-10-19)23(18-13-14-21(28)22(29)15-18)27(26)17(2)31-33(25(27)35)20-11-7-4-8-12-20/h3-15,23H,1-2H3/t26-,27-/m1/s1. The number of fused-ring (bicyclic) bond motifs is 1. The maximum Gasteiger partial charge on any atom is 0.261 e. The molecular weight excluding hydrogens is 483 g/mol. The second kappa shape index (κ2) is 7.51. The van der Waals surface area contributed by atoms with E-state index in [0.29, 0.717) is 32.8 Å². The van der Waals surface area contributed by atoms with Crippen molar-refractivity contribution in [1.82, 2.24) is 0 Å². The normalized spacial score (nSPS) is 27.1. The van der Waals surface area contributed by atoms with Crippen molar-refractivity contribution in [3.63, 3.8) is 0 Å². The molecule has 3 aliphatic rings. The van der Waals surface area contributed by atoms with Crippen molar-refractivity contribution in [2.24, 2.45) is 21.0 Å². The zero-order valence-corrected chi connectivity index (χ0v) is 20.5. The van der Waals surface area contributed by atoms with Gasteiger partial charge in [-0.3, -0.25) is 9.59 Å². The molecule has 0 unspecified atom stereocenters. The fraction of sp³-hybridized carbons (Fsp3) is 0.185. The zero-order valence-electron chi connectivity index (χ0n) is 18.9. The molecule has 1 saturated carbocycles. The highest BCUT2D eigenvalue weighted by Gasteiger charge is 2.91. The highest BCUT2D eigenvalue weighted by atomic mass is 35.5. The highest BCUT2D eigenvalue weighted by Crippen LogP contribution is 2.79. The van der Waals surface area contributed by atoms with Crippen molar-refractivity contribution in [3.8, 4) is 0 Å². The molecule has 2 aliphatic heterocycles. The molecule has 6 rings (SSSR count). The Morgan fingerprint density at radius 3 is 1.57 bits per heavy atom. The van der Waals surface area contributed by atoms with E-state index in [4.69, 9.17) is 23.2 Å². The molecule has 2 heterocycles. The van der Waals surface area contributed by atoms with Crippen LogP contribution in [-0.2, 0) is 9.59 Å². The van der Waals surface area contributed by atoms with Gasteiger partial charge in [0.2, 0.25) is 0 Å². The van der Waals surface area contributed by atoms with E-state index in [1.165, 1.54) is 10.0 Å². The predicted molar refractivity (Wildman–Crippen MR) is 138 cm³/mol.